The molecule has 3 heteroatoms. The van der Waals surface area contributed by atoms with E-state index in [1.165, 1.54) is 5.56 Å². The summed E-state index contributed by atoms with van der Waals surface area (Å²) in [5.74, 6) is 0.629. The molecule has 1 rings (SSSR count). The fourth-order valence-electron chi connectivity index (χ4n) is 2.06. The second-order valence-corrected chi connectivity index (χ2v) is 4.67. The van der Waals surface area contributed by atoms with Crippen molar-refractivity contribution >= 4 is 0 Å². The average Bonchev–Trinajstić information content (AvgIpc) is 2.29. The lowest BCUT2D eigenvalue weighted by Crippen LogP contribution is -2.29. The van der Waals surface area contributed by atoms with Gasteiger partial charge in [0.05, 0.1) is 11.6 Å². The van der Waals surface area contributed by atoms with Gasteiger partial charge in [0.15, 0.2) is 0 Å². The van der Waals surface area contributed by atoms with Crippen LogP contribution in [0.2, 0.25) is 0 Å². The van der Waals surface area contributed by atoms with Crippen molar-refractivity contribution in [3.63, 3.8) is 0 Å². The van der Waals surface area contributed by atoms with Gasteiger partial charge in [0.2, 0.25) is 0 Å². The Labute approximate surface area is 104 Å². The molecule has 0 saturated heterocycles. The molecule has 1 atom stereocenters. The maximum atomic E-state index is 8.84. The average molecular weight is 231 g/mol. The molecule has 0 fully saturated rings. The molecule has 92 valence electrons. The molecular formula is C14H21N3. The molecule has 0 aliphatic heterocycles. The maximum Gasteiger partial charge on any atom is 0.0991 e. The van der Waals surface area contributed by atoms with E-state index in [0.717, 1.165) is 25.2 Å². The summed E-state index contributed by atoms with van der Waals surface area (Å²) >= 11 is 0. The third kappa shape index (κ3) is 4.99. The quantitative estimate of drug-likeness (QED) is 0.812. The number of nitrogens with zero attached hydrogens (tertiary/aromatic N) is 2. The van der Waals surface area contributed by atoms with Gasteiger partial charge < -0.3 is 10.2 Å². The smallest absolute Gasteiger partial charge is 0.0991 e. The van der Waals surface area contributed by atoms with Crippen LogP contribution in [0.3, 0.4) is 0 Å². The van der Waals surface area contributed by atoms with E-state index in [1.54, 1.807) is 0 Å². The Bertz CT molecular complexity index is 381. The Hall–Kier alpha value is -1.37. The van der Waals surface area contributed by atoms with E-state index in [-0.39, 0.29) is 0 Å². The lowest BCUT2D eigenvalue weighted by atomic mass is 10.1. The molecular weight excluding hydrogens is 210 g/mol. The highest BCUT2D eigenvalue weighted by atomic mass is 15.1. The number of hydrogen-bond acceptors (Lipinski definition) is 3. The van der Waals surface area contributed by atoms with E-state index < -0.39 is 0 Å². The van der Waals surface area contributed by atoms with E-state index in [1.807, 2.05) is 25.2 Å². The van der Waals surface area contributed by atoms with Gasteiger partial charge in [0.25, 0.3) is 0 Å². The van der Waals surface area contributed by atoms with Gasteiger partial charge >= 0.3 is 0 Å². The molecule has 0 spiro atoms. The van der Waals surface area contributed by atoms with Crippen LogP contribution in [0.15, 0.2) is 24.3 Å². The summed E-state index contributed by atoms with van der Waals surface area (Å²) in [6, 6.07) is 9.98. The maximum absolute atomic E-state index is 8.84. The summed E-state index contributed by atoms with van der Waals surface area (Å²) in [4.78, 5) is 2.29. The van der Waals surface area contributed by atoms with Crippen LogP contribution in [0.5, 0.6) is 0 Å². The van der Waals surface area contributed by atoms with Gasteiger partial charge in [-0.15, -0.1) is 0 Å². The number of rotatable bonds is 6. The minimum Gasteiger partial charge on any atom is -0.319 e. The summed E-state index contributed by atoms with van der Waals surface area (Å²) in [7, 11) is 4.10. The van der Waals surface area contributed by atoms with Gasteiger partial charge in [-0.05, 0) is 44.3 Å². The van der Waals surface area contributed by atoms with Gasteiger partial charge in [0.1, 0.15) is 0 Å². The first-order valence-corrected chi connectivity index (χ1v) is 5.98. The zero-order valence-corrected chi connectivity index (χ0v) is 10.9. The van der Waals surface area contributed by atoms with Crippen LogP contribution >= 0.6 is 0 Å². The number of nitriles is 1. The minimum atomic E-state index is 0.629. The van der Waals surface area contributed by atoms with Crippen molar-refractivity contribution in [2.75, 3.05) is 27.2 Å². The molecule has 0 aliphatic rings. The molecule has 1 aromatic rings. The van der Waals surface area contributed by atoms with Gasteiger partial charge in [-0.25, -0.2) is 0 Å². The highest BCUT2D eigenvalue weighted by Gasteiger charge is 2.06. The SMILES string of the molecule is CNCC(C)CN(C)Cc1cccc(C#N)c1. The zero-order valence-electron chi connectivity index (χ0n) is 10.9. The second-order valence-electron chi connectivity index (χ2n) is 4.67. The van der Waals surface area contributed by atoms with Crippen molar-refractivity contribution in [2.45, 2.75) is 13.5 Å². The van der Waals surface area contributed by atoms with Gasteiger partial charge in [-0.3, -0.25) is 0 Å². The molecule has 1 aromatic carbocycles. The predicted octanol–water partition coefficient (Wildman–Crippen LogP) is 1.85. The topological polar surface area (TPSA) is 39.1 Å². The molecule has 0 aliphatic carbocycles. The van der Waals surface area contributed by atoms with Crippen LogP contribution in [0.4, 0.5) is 0 Å². The Balaban J connectivity index is 2.50. The van der Waals surface area contributed by atoms with Crippen molar-refractivity contribution in [1.29, 1.82) is 5.26 Å². The largest absolute Gasteiger partial charge is 0.319 e. The first kappa shape index (κ1) is 13.7. The number of benzene rings is 1. The molecule has 0 heterocycles. The summed E-state index contributed by atoms with van der Waals surface area (Å²) in [6.07, 6.45) is 0. The zero-order chi connectivity index (χ0) is 12.7. The molecule has 0 saturated carbocycles. The molecule has 0 amide bonds. The predicted molar refractivity (Wildman–Crippen MR) is 70.6 cm³/mol. The lowest BCUT2D eigenvalue weighted by molar-refractivity contribution is 0.276. The summed E-state index contributed by atoms with van der Waals surface area (Å²) in [5, 5.41) is 12.0. The van der Waals surface area contributed by atoms with Gasteiger partial charge in [-0.2, -0.15) is 5.26 Å². The molecule has 0 bridgehead atoms. The molecule has 0 radical (unpaired) electrons. The highest BCUT2D eigenvalue weighted by molar-refractivity contribution is 5.32. The van der Waals surface area contributed by atoms with Gasteiger partial charge in [0, 0.05) is 13.1 Å². The first-order valence-electron chi connectivity index (χ1n) is 5.98. The minimum absolute atomic E-state index is 0.629. The van der Waals surface area contributed by atoms with Crippen LogP contribution in [-0.4, -0.2) is 32.1 Å². The van der Waals surface area contributed by atoms with Crippen molar-refractivity contribution in [3.8, 4) is 6.07 Å². The van der Waals surface area contributed by atoms with Crippen LogP contribution in [0.1, 0.15) is 18.1 Å². The highest BCUT2D eigenvalue weighted by Crippen LogP contribution is 2.08. The summed E-state index contributed by atoms with van der Waals surface area (Å²) < 4.78 is 0. The summed E-state index contributed by atoms with van der Waals surface area (Å²) in [5.41, 5.74) is 1.93. The fourth-order valence-corrected chi connectivity index (χ4v) is 2.06. The Morgan fingerprint density at radius 1 is 1.47 bits per heavy atom. The molecule has 0 aromatic heterocycles. The molecule has 17 heavy (non-hydrogen) atoms. The van der Waals surface area contributed by atoms with Crippen LogP contribution in [-0.2, 0) is 6.54 Å². The summed E-state index contributed by atoms with van der Waals surface area (Å²) in [6.45, 7) is 5.21. The molecule has 1 N–H and O–H groups in total. The van der Waals surface area contributed by atoms with Crippen molar-refractivity contribution in [3.05, 3.63) is 35.4 Å². The normalized spacial score (nSPS) is 12.4. The number of nitrogens with one attached hydrogen (secondary N) is 1. The van der Waals surface area contributed by atoms with E-state index in [0.29, 0.717) is 5.92 Å². The third-order valence-corrected chi connectivity index (χ3v) is 2.68. The standard InChI is InChI=1S/C14H21N3/c1-12(9-16-2)10-17(3)11-14-6-4-5-13(7-14)8-15/h4-7,12,16H,9-11H2,1-3H3. The van der Waals surface area contributed by atoms with E-state index in [9.17, 15) is 0 Å². The third-order valence-electron chi connectivity index (χ3n) is 2.68. The van der Waals surface area contributed by atoms with Crippen molar-refractivity contribution < 1.29 is 0 Å². The monoisotopic (exact) mass is 231 g/mol. The Morgan fingerprint density at radius 3 is 2.88 bits per heavy atom. The van der Waals surface area contributed by atoms with Crippen molar-refractivity contribution in [1.82, 2.24) is 10.2 Å². The van der Waals surface area contributed by atoms with Crippen LogP contribution in [0.25, 0.3) is 0 Å². The Morgan fingerprint density at radius 2 is 2.24 bits per heavy atom. The lowest BCUT2D eigenvalue weighted by Gasteiger charge is -2.21. The molecule has 3 nitrogen and oxygen atoms in total. The fraction of sp³-hybridized carbons (Fsp3) is 0.500. The first-order chi connectivity index (χ1) is 8.15. The van der Waals surface area contributed by atoms with E-state index in [4.69, 9.17) is 5.26 Å². The van der Waals surface area contributed by atoms with E-state index in [2.05, 4.69) is 36.3 Å². The van der Waals surface area contributed by atoms with Crippen LogP contribution < -0.4 is 5.32 Å². The van der Waals surface area contributed by atoms with E-state index >= 15 is 0 Å². The number of hydrogen-bond donors (Lipinski definition) is 1. The van der Waals surface area contributed by atoms with Crippen LogP contribution in [0, 0.1) is 17.2 Å². The second kappa shape index (κ2) is 7.05. The van der Waals surface area contributed by atoms with Crippen molar-refractivity contribution in [2.24, 2.45) is 5.92 Å². The molecule has 1 unspecified atom stereocenters. The Kier molecular flexibility index (Phi) is 5.68. The van der Waals surface area contributed by atoms with Gasteiger partial charge in [-0.1, -0.05) is 19.1 Å².